The number of hydrogen-bond donors (Lipinski definition) is 1. The number of ether oxygens (including phenoxy) is 1. The molecule has 6 heteroatoms. The zero-order valence-electron chi connectivity index (χ0n) is 15.1. The highest BCUT2D eigenvalue weighted by molar-refractivity contribution is 9.10. The van der Waals surface area contributed by atoms with Gasteiger partial charge < -0.3 is 9.84 Å². The van der Waals surface area contributed by atoms with Crippen molar-refractivity contribution in [3.05, 3.63) is 99.3 Å². The van der Waals surface area contributed by atoms with Crippen LogP contribution in [-0.4, -0.2) is 11.1 Å². The number of nitriles is 1. The van der Waals surface area contributed by atoms with Gasteiger partial charge >= 0.3 is 5.97 Å². The number of carboxylic acid groups (broad SMARTS) is 1. The van der Waals surface area contributed by atoms with Gasteiger partial charge in [0.15, 0.2) is 0 Å². The summed E-state index contributed by atoms with van der Waals surface area (Å²) in [5.74, 6) is -0.887. The highest BCUT2D eigenvalue weighted by Crippen LogP contribution is 2.29. The molecule has 0 aromatic heterocycles. The summed E-state index contributed by atoms with van der Waals surface area (Å²) in [7, 11) is 0. The summed E-state index contributed by atoms with van der Waals surface area (Å²) in [6.45, 7) is 0.202. The number of carboxylic acids is 1. The summed E-state index contributed by atoms with van der Waals surface area (Å²) in [6.07, 6.45) is 1.60. The summed E-state index contributed by atoms with van der Waals surface area (Å²) in [6, 6.07) is 19.9. The molecule has 0 heterocycles. The van der Waals surface area contributed by atoms with Crippen LogP contribution < -0.4 is 4.74 Å². The average molecular weight is 452 g/mol. The fraction of sp³-hybridized carbons (Fsp3) is 0.0435. The lowest BCUT2D eigenvalue weighted by Gasteiger charge is -2.10. The first-order valence-corrected chi connectivity index (χ1v) is 9.38. The van der Waals surface area contributed by atoms with Crippen LogP contribution in [0.2, 0.25) is 0 Å². The second-order valence-corrected chi connectivity index (χ2v) is 6.99. The molecule has 29 heavy (non-hydrogen) atoms. The predicted molar refractivity (Wildman–Crippen MR) is 112 cm³/mol. The maximum atomic E-state index is 14.0. The molecule has 3 aromatic rings. The SMILES string of the molecule is N#C/C(=C/c1ccc(OCc2cccc(C(=O)O)c2)c(Br)c1)c1ccccc1F. The topological polar surface area (TPSA) is 70.3 Å². The molecule has 1 N–H and O–H groups in total. The third-order valence-corrected chi connectivity index (χ3v) is 4.74. The maximum Gasteiger partial charge on any atom is 0.335 e. The lowest BCUT2D eigenvalue weighted by atomic mass is 10.0. The summed E-state index contributed by atoms with van der Waals surface area (Å²) in [5.41, 5.74) is 2.09. The molecule has 0 fully saturated rings. The van der Waals surface area contributed by atoms with Crippen LogP contribution in [0.1, 0.15) is 27.0 Å². The highest BCUT2D eigenvalue weighted by atomic mass is 79.9. The Morgan fingerprint density at radius 1 is 1.14 bits per heavy atom. The fourth-order valence-electron chi connectivity index (χ4n) is 2.70. The lowest BCUT2D eigenvalue weighted by molar-refractivity contribution is 0.0696. The zero-order chi connectivity index (χ0) is 20.8. The fourth-order valence-corrected chi connectivity index (χ4v) is 3.21. The Kier molecular flexibility index (Phi) is 6.43. The molecule has 0 bridgehead atoms. The lowest BCUT2D eigenvalue weighted by Crippen LogP contribution is -2.00. The molecule has 3 aromatic carbocycles. The van der Waals surface area contributed by atoms with Crippen molar-refractivity contribution in [3.63, 3.8) is 0 Å². The molecule has 0 spiro atoms. The largest absolute Gasteiger partial charge is 0.488 e. The van der Waals surface area contributed by atoms with E-state index in [2.05, 4.69) is 15.9 Å². The van der Waals surface area contributed by atoms with Crippen molar-refractivity contribution >= 4 is 33.5 Å². The Morgan fingerprint density at radius 2 is 1.93 bits per heavy atom. The number of benzene rings is 3. The molecule has 3 rings (SSSR count). The van der Waals surface area contributed by atoms with Gasteiger partial charge in [0, 0.05) is 5.56 Å². The summed E-state index contributed by atoms with van der Waals surface area (Å²) in [4.78, 5) is 11.1. The number of aromatic carboxylic acids is 1. The van der Waals surface area contributed by atoms with Gasteiger partial charge in [0.25, 0.3) is 0 Å². The van der Waals surface area contributed by atoms with Crippen LogP contribution in [0.3, 0.4) is 0 Å². The van der Waals surface area contributed by atoms with Crippen LogP contribution in [0.15, 0.2) is 71.2 Å². The molecule has 0 saturated carbocycles. The van der Waals surface area contributed by atoms with Gasteiger partial charge in [-0.2, -0.15) is 5.26 Å². The molecule has 0 unspecified atom stereocenters. The van der Waals surface area contributed by atoms with Gasteiger partial charge in [0.1, 0.15) is 18.2 Å². The van der Waals surface area contributed by atoms with E-state index in [-0.39, 0.29) is 23.3 Å². The van der Waals surface area contributed by atoms with Crippen molar-refractivity contribution < 1.29 is 19.0 Å². The normalized spacial score (nSPS) is 11.0. The molecule has 144 valence electrons. The van der Waals surface area contributed by atoms with E-state index in [9.17, 15) is 14.4 Å². The van der Waals surface area contributed by atoms with Crippen molar-refractivity contribution in [1.82, 2.24) is 0 Å². The number of halogens is 2. The van der Waals surface area contributed by atoms with E-state index in [0.717, 1.165) is 5.56 Å². The molecular formula is C23H15BrFNO3. The number of allylic oxidation sites excluding steroid dienone is 1. The van der Waals surface area contributed by atoms with E-state index in [1.165, 1.54) is 12.1 Å². The van der Waals surface area contributed by atoms with Crippen LogP contribution >= 0.6 is 15.9 Å². The van der Waals surface area contributed by atoms with Gasteiger partial charge in [-0.05, 0) is 63.5 Å². The minimum atomic E-state index is -0.993. The zero-order valence-corrected chi connectivity index (χ0v) is 16.7. The van der Waals surface area contributed by atoms with Gasteiger partial charge in [-0.15, -0.1) is 0 Å². The van der Waals surface area contributed by atoms with Crippen LogP contribution in [0.25, 0.3) is 11.6 Å². The number of nitrogens with zero attached hydrogens (tertiary/aromatic N) is 1. The summed E-state index contributed by atoms with van der Waals surface area (Å²) < 4.78 is 20.4. The van der Waals surface area contributed by atoms with E-state index in [1.54, 1.807) is 60.7 Å². The molecular weight excluding hydrogens is 437 g/mol. The van der Waals surface area contributed by atoms with Gasteiger partial charge in [-0.1, -0.05) is 36.4 Å². The highest BCUT2D eigenvalue weighted by Gasteiger charge is 2.09. The minimum Gasteiger partial charge on any atom is -0.488 e. The predicted octanol–water partition coefficient (Wildman–Crippen LogP) is 5.93. The Morgan fingerprint density at radius 3 is 2.62 bits per heavy atom. The second kappa shape index (κ2) is 9.18. The van der Waals surface area contributed by atoms with Gasteiger partial charge in [0.05, 0.1) is 21.7 Å². The van der Waals surface area contributed by atoms with Crippen LogP contribution in [0.5, 0.6) is 5.75 Å². The van der Waals surface area contributed by atoms with Crippen LogP contribution in [-0.2, 0) is 6.61 Å². The molecule has 0 atom stereocenters. The van der Waals surface area contributed by atoms with E-state index in [0.29, 0.717) is 15.8 Å². The second-order valence-electron chi connectivity index (χ2n) is 6.13. The van der Waals surface area contributed by atoms with Crippen molar-refractivity contribution in [2.24, 2.45) is 0 Å². The first kappa shape index (κ1) is 20.3. The smallest absolute Gasteiger partial charge is 0.335 e. The quantitative estimate of drug-likeness (QED) is 0.372. The Balaban J connectivity index is 1.78. The minimum absolute atomic E-state index is 0.197. The summed E-state index contributed by atoms with van der Waals surface area (Å²) >= 11 is 3.44. The molecule has 0 aliphatic carbocycles. The molecule has 0 amide bonds. The van der Waals surface area contributed by atoms with Gasteiger partial charge in [-0.25, -0.2) is 9.18 Å². The van der Waals surface area contributed by atoms with E-state index in [4.69, 9.17) is 9.84 Å². The third kappa shape index (κ3) is 5.09. The van der Waals surface area contributed by atoms with Gasteiger partial charge in [-0.3, -0.25) is 0 Å². The van der Waals surface area contributed by atoms with E-state index in [1.807, 2.05) is 6.07 Å². The number of carbonyl (C=O) groups is 1. The number of hydrogen-bond acceptors (Lipinski definition) is 3. The first-order valence-electron chi connectivity index (χ1n) is 8.59. The van der Waals surface area contributed by atoms with E-state index < -0.39 is 11.8 Å². The standard InChI is InChI=1S/C23H15BrFNO3/c24-20-12-15(10-18(13-26)19-6-1-2-7-21(19)25)8-9-22(20)29-14-16-4-3-5-17(11-16)23(27)28/h1-12H,14H2,(H,27,28)/b18-10-. The molecule has 0 saturated heterocycles. The Labute approximate surface area is 175 Å². The van der Waals surface area contributed by atoms with Crippen LogP contribution in [0, 0.1) is 17.1 Å². The van der Waals surface area contributed by atoms with Crippen molar-refractivity contribution in [2.45, 2.75) is 6.61 Å². The van der Waals surface area contributed by atoms with E-state index >= 15 is 0 Å². The third-order valence-electron chi connectivity index (χ3n) is 4.12. The Bertz CT molecular complexity index is 1130. The molecule has 4 nitrogen and oxygen atoms in total. The molecule has 0 aliphatic heterocycles. The van der Waals surface area contributed by atoms with Crippen molar-refractivity contribution in [1.29, 1.82) is 5.26 Å². The van der Waals surface area contributed by atoms with Gasteiger partial charge in [0.2, 0.25) is 0 Å². The average Bonchev–Trinajstić information content (AvgIpc) is 2.72. The number of rotatable bonds is 6. The monoisotopic (exact) mass is 451 g/mol. The Hall–Kier alpha value is -3.43. The summed E-state index contributed by atoms with van der Waals surface area (Å²) in [5, 5.41) is 18.5. The van der Waals surface area contributed by atoms with Crippen molar-refractivity contribution in [3.8, 4) is 11.8 Å². The first-order chi connectivity index (χ1) is 14.0. The molecule has 0 radical (unpaired) electrons. The molecule has 0 aliphatic rings. The van der Waals surface area contributed by atoms with Crippen LogP contribution in [0.4, 0.5) is 4.39 Å². The van der Waals surface area contributed by atoms with Crippen molar-refractivity contribution in [2.75, 3.05) is 0 Å². The maximum absolute atomic E-state index is 14.0.